The molecule has 1 unspecified atom stereocenters. The molecule has 3 aromatic carbocycles. The van der Waals surface area contributed by atoms with Gasteiger partial charge in [-0.2, -0.15) is 0 Å². The fourth-order valence-corrected chi connectivity index (χ4v) is 3.66. The number of hydrogen-bond donors (Lipinski definition) is 0. The summed E-state index contributed by atoms with van der Waals surface area (Å²) in [5.74, 6) is 0. The van der Waals surface area contributed by atoms with Gasteiger partial charge in [-0.15, -0.1) is 0 Å². The first kappa shape index (κ1) is 14.8. The van der Waals surface area contributed by atoms with Crippen LogP contribution in [0.1, 0.15) is 12.5 Å². The van der Waals surface area contributed by atoms with Crippen molar-refractivity contribution in [3.05, 3.63) is 78.4 Å². The van der Waals surface area contributed by atoms with E-state index in [9.17, 15) is 0 Å². The molecule has 1 aliphatic heterocycles. The van der Waals surface area contributed by atoms with Gasteiger partial charge in [0.2, 0.25) is 0 Å². The Labute approximate surface area is 144 Å². The molecule has 2 nitrogen and oxygen atoms in total. The molecular weight excluding hydrogens is 292 g/mol. The maximum Gasteiger partial charge on any atom is 0.103 e. The van der Waals surface area contributed by atoms with E-state index in [2.05, 4.69) is 103 Å². The predicted molar refractivity (Wildman–Crippen MR) is 103 cm³/mol. The SMILES string of the molecule is Cc1ccccc1N1c2ccccc2-c2ccccc2N(C)C1C. The maximum absolute atomic E-state index is 2.45. The summed E-state index contributed by atoms with van der Waals surface area (Å²) in [6, 6.07) is 26.0. The van der Waals surface area contributed by atoms with Gasteiger partial charge in [-0.3, -0.25) is 0 Å². The fraction of sp³-hybridized carbons (Fsp3) is 0.182. The Kier molecular flexibility index (Phi) is 3.53. The van der Waals surface area contributed by atoms with Gasteiger partial charge in [-0.1, -0.05) is 54.6 Å². The Morgan fingerprint density at radius 1 is 0.667 bits per heavy atom. The molecule has 120 valence electrons. The van der Waals surface area contributed by atoms with Gasteiger partial charge in [0.05, 0.1) is 5.69 Å². The van der Waals surface area contributed by atoms with Crippen molar-refractivity contribution in [2.45, 2.75) is 20.0 Å². The minimum Gasteiger partial charge on any atom is -0.354 e. The summed E-state index contributed by atoms with van der Waals surface area (Å²) < 4.78 is 0. The van der Waals surface area contributed by atoms with Gasteiger partial charge < -0.3 is 9.80 Å². The zero-order valence-electron chi connectivity index (χ0n) is 14.4. The van der Waals surface area contributed by atoms with Gasteiger partial charge in [0.15, 0.2) is 0 Å². The highest BCUT2D eigenvalue weighted by Crippen LogP contribution is 2.45. The molecule has 0 bridgehead atoms. The largest absolute Gasteiger partial charge is 0.354 e. The average Bonchev–Trinajstić information content (AvgIpc) is 2.71. The molecule has 2 heteroatoms. The van der Waals surface area contributed by atoms with Crippen molar-refractivity contribution in [3.63, 3.8) is 0 Å². The molecule has 0 radical (unpaired) electrons. The third-order valence-electron chi connectivity index (χ3n) is 5.05. The highest BCUT2D eigenvalue weighted by atomic mass is 15.4. The van der Waals surface area contributed by atoms with Crippen molar-refractivity contribution in [2.75, 3.05) is 16.8 Å². The molecule has 0 aliphatic carbocycles. The number of anilines is 3. The molecule has 0 aromatic heterocycles. The van der Waals surface area contributed by atoms with Crippen LogP contribution in [0.4, 0.5) is 17.1 Å². The van der Waals surface area contributed by atoms with Crippen molar-refractivity contribution < 1.29 is 0 Å². The van der Waals surface area contributed by atoms with Gasteiger partial charge in [-0.25, -0.2) is 0 Å². The first-order valence-electron chi connectivity index (χ1n) is 8.44. The van der Waals surface area contributed by atoms with Crippen LogP contribution in [0.3, 0.4) is 0 Å². The van der Waals surface area contributed by atoms with Crippen LogP contribution in [0, 0.1) is 6.92 Å². The van der Waals surface area contributed by atoms with Crippen molar-refractivity contribution in [3.8, 4) is 11.1 Å². The lowest BCUT2D eigenvalue weighted by molar-refractivity contribution is 0.698. The van der Waals surface area contributed by atoms with E-state index in [1.54, 1.807) is 0 Å². The number of fused-ring (bicyclic) bond motifs is 3. The summed E-state index contributed by atoms with van der Waals surface area (Å²) >= 11 is 0. The quantitative estimate of drug-likeness (QED) is 0.577. The summed E-state index contributed by atoms with van der Waals surface area (Å²) in [5, 5.41) is 0. The standard InChI is InChI=1S/C22H22N2/c1-16-10-4-7-13-20(16)24-17(2)23(3)21-14-8-5-11-18(21)19-12-6-9-15-22(19)24/h4-15,17H,1-3H3. The second-order valence-corrected chi connectivity index (χ2v) is 6.43. The molecule has 4 rings (SSSR count). The molecule has 0 N–H and O–H groups in total. The van der Waals surface area contributed by atoms with E-state index in [0.717, 1.165) is 0 Å². The molecule has 0 fully saturated rings. The Morgan fingerprint density at radius 2 is 1.17 bits per heavy atom. The van der Waals surface area contributed by atoms with E-state index in [0.29, 0.717) is 0 Å². The summed E-state index contributed by atoms with van der Waals surface area (Å²) in [5.41, 5.74) is 7.66. The van der Waals surface area contributed by atoms with Crippen molar-refractivity contribution in [1.29, 1.82) is 0 Å². The number of para-hydroxylation sites is 3. The normalized spacial score (nSPS) is 16.4. The van der Waals surface area contributed by atoms with E-state index >= 15 is 0 Å². The number of nitrogens with zero attached hydrogens (tertiary/aromatic N) is 2. The number of rotatable bonds is 1. The molecule has 0 amide bonds. The van der Waals surface area contributed by atoms with Gasteiger partial charge in [0.25, 0.3) is 0 Å². The zero-order valence-corrected chi connectivity index (χ0v) is 14.4. The summed E-state index contributed by atoms with van der Waals surface area (Å²) in [4.78, 5) is 4.81. The lowest BCUT2D eigenvalue weighted by Gasteiger charge is -2.37. The minimum atomic E-state index is 0.218. The minimum absolute atomic E-state index is 0.218. The van der Waals surface area contributed by atoms with E-state index in [1.165, 1.54) is 33.8 Å². The van der Waals surface area contributed by atoms with Crippen molar-refractivity contribution in [1.82, 2.24) is 0 Å². The van der Waals surface area contributed by atoms with Crippen LogP contribution in [0.5, 0.6) is 0 Å². The Morgan fingerprint density at radius 3 is 1.83 bits per heavy atom. The molecular formula is C22H22N2. The fourth-order valence-electron chi connectivity index (χ4n) is 3.66. The lowest BCUT2D eigenvalue weighted by atomic mass is 10.0. The zero-order chi connectivity index (χ0) is 16.7. The van der Waals surface area contributed by atoms with E-state index in [1.807, 2.05) is 0 Å². The van der Waals surface area contributed by atoms with Crippen LogP contribution in [0.2, 0.25) is 0 Å². The summed E-state index contributed by atoms with van der Waals surface area (Å²) in [7, 11) is 2.18. The maximum atomic E-state index is 2.45. The van der Waals surface area contributed by atoms with E-state index < -0.39 is 0 Å². The van der Waals surface area contributed by atoms with E-state index in [4.69, 9.17) is 0 Å². The van der Waals surface area contributed by atoms with Crippen LogP contribution in [-0.4, -0.2) is 13.2 Å². The van der Waals surface area contributed by atoms with Crippen LogP contribution in [-0.2, 0) is 0 Å². The molecule has 0 saturated carbocycles. The number of hydrogen-bond acceptors (Lipinski definition) is 2. The Balaban J connectivity index is 2.02. The predicted octanol–water partition coefficient (Wildman–Crippen LogP) is 5.60. The second-order valence-electron chi connectivity index (χ2n) is 6.43. The van der Waals surface area contributed by atoms with Gasteiger partial charge in [-0.05, 0) is 37.6 Å². The van der Waals surface area contributed by atoms with Crippen LogP contribution in [0.25, 0.3) is 11.1 Å². The molecule has 3 aromatic rings. The molecule has 0 spiro atoms. The van der Waals surface area contributed by atoms with Crippen molar-refractivity contribution in [2.24, 2.45) is 0 Å². The Hall–Kier alpha value is -2.74. The van der Waals surface area contributed by atoms with E-state index in [-0.39, 0.29) is 6.17 Å². The smallest absolute Gasteiger partial charge is 0.103 e. The highest BCUT2D eigenvalue weighted by molar-refractivity contribution is 5.92. The molecule has 24 heavy (non-hydrogen) atoms. The van der Waals surface area contributed by atoms with Gasteiger partial charge >= 0.3 is 0 Å². The summed E-state index contributed by atoms with van der Waals surface area (Å²) in [6.07, 6.45) is 0.218. The Bertz CT molecular complexity index is 884. The summed E-state index contributed by atoms with van der Waals surface area (Å²) in [6.45, 7) is 4.45. The molecule has 1 heterocycles. The van der Waals surface area contributed by atoms with Crippen LogP contribution in [0.15, 0.2) is 72.8 Å². The average molecular weight is 314 g/mol. The first-order chi connectivity index (χ1) is 11.7. The lowest BCUT2D eigenvalue weighted by Crippen LogP contribution is -2.41. The van der Waals surface area contributed by atoms with Crippen LogP contribution < -0.4 is 9.80 Å². The number of benzene rings is 3. The third-order valence-corrected chi connectivity index (χ3v) is 5.05. The van der Waals surface area contributed by atoms with Gasteiger partial charge in [0, 0.05) is 29.5 Å². The van der Waals surface area contributed by atoms with Crippen molar-refractivity contribution >= 4 is 17.1 Å². The van der Waals surface area contributed by atoms with Gasteiger partial charge in [0.1, 0.15) is 6.17 Å². The molecule has 1 aliphatic rings. The highest BCUT2D eigenvalue weighted by Gasteiger charge is 2.29. The monoisotopic (exact) mass is 314 g/mol. The number of aryl methyl sites for hydroxylation is 1. The first-order valence-corrected chi connectivity index (χ1v) is 8.44. The van der Waals surface area contributed by atoms with Crippen LogP contribution >= 0.6 is 0 Å². The second kappa shape index (κ2) is 5.72. The molecule has 1 atom stereocenters. The molecule has 0 saturated heterocycles. The third kappa shape index (κ3) is 2.18. The topological polar surface area (TPSA) is 6.48 Å².